The highest BCUT2D eigenvalue weighted by atomic mass is 35.5. The fourth-order valence-corrected chi connectivity index (χ4v) is 3.58. The van der Waals surface area contributed by atoms with Crippen molar-refractivity contribution < 1.29 is 4.79 Å². The Bertz CT molecular complexity index is 1100. The smallest absolute Gasteiger partial charge is 0.255 e. The van der Waals surface area contributed by atoms with E-state index in [0.29, 0.717) is 27.7 Å². The number of carbonyl (C=O) groups is 1. The molecule has 0 aliphatic heterocycles. The fraction of sp³-hybridized carbons (Fsp3) is 0.0526. The van der Waals surface area contributed by atoms with Crippen LogP contribution in [-0.2, 0) is 5.75 Å². The summed E-state index contributed by atoms with van der Waals surface area (Å²) >= 11 is 7.45. The summed E-state index contributed by atoms with van der Waals surface area (Å²) < 4.78 is 0. The molecule has 6 nitrogen and oxygen atoms in total. The predicted molar refractivity (Wildman–Crippen MR) is 107 cm³/mol. The zero-order valence-electron chi connectivity index (χ0n) is 14.0. The number of hydrogen-bond donors (Lipinski definition) is 2. The van der Waals surface area contributed by atoms with E-state index in [0.717, 1.165) is 16.0 Å². The molecule has 4 aromatic rings. The normalized spacial score (nSPS) is 10.9. The Labute approximate surface area is 164 Å². The largest absolute Gasteiger partial charge is 0.322 e. The van der Waals surface area contributed by atoms with E-state index in [4.69, 9.17) is 11.6 Å². The number of aromatic nitrogens is 4. The Morgan fingerprint density at radius 1 is 1.15 bits per heavy atom. The summed E-state index contributed by atoms with van der Waals surface area (Å²) in [6.45, 7) is 0. The number of fused-ring (bicyclic) bond motifs is 1. The number of benzene rings is 2. The fourth-order valence-electron chi connectivity index (χ4n) is 2.55. The Morgan fingerprint density at radius 3 is 2.85 bits per heavy atom. The number of thioether (sulfide) groups is 1. The molecule has 2 heterocycles. The predicted octanol–water partition coefficient (Wildman–Crippen LogP) is 4.55. The number of anilines is 1. The van der Waals surface area contributed by atoms with E-state index in [-0.39, 0.29) is 5.91 Å². The molecule has 0 saturated carbocycles. The SMILES string of the molecule is O=C(Nc1ccc(Cl)cc1)c1cccc(CSc2ncnc3[nH]ncc23)c1. The number of nitrogens with one attached hydrogen (secondary N) is 2. The molecule has 2 aromatic carbocycles. The van der Waals surface area contributed by atoms with Gasteiger partial charge in [-0.15, -0.1) is 11.8 Å². The average Bonchev–Trinajstić information content (AvgIpc) is 3.18. The van der Waals surface area contributed by atoms with Crippen molar-refractivity contribution in [2.24, 2.45) is 0 Å². The number of halogens is 1. The minimum absolute atomic E-state index is 0.163. The van der Waals surface area contributed by atoms with E-state index in [1.165, 1.54) is 6.33 Å². The van der Waals surface area contributed by atoms with Gasteiger partial charge in [-0.1, -0.05) is 23.7 Å². The molecule has 0 aliphatic carbocycles. The monoisotopic (exact) mass is 395 g/mol. The summed E-state index contributed by atoms with van der Waals surface area (Å²) in [5.74, 6) is 0.516. The first-order chi connectivity index (χ1) is 13.2. The number of nitrogens with zero attached hydrogens (tertiary/aromatic N) is 3. The van der Waals surface area contributed by atoms with E-state index in [9.17, 15) is 4.79 Å². The number of amides is 1. The molecule has 0 radical (unpaired) electrons. The third-order valence-corrected chi connectivity index (χ3v) is 5.21. The second kappa shape index (κ2) is 7.77. The molecule has 4 rings (SSSR count). The van der Waals surface area contributed by atoms with Crippen LogP contribution < -0.4 is 5.32 Å². The van der Waals surface area contributed by atoms with Crippen LogP contribution in [0.2, 0.25) is 5.02 Å². The zero-order valence-corrected chi connectivity index (χ0v) is 15.6. The van der Waals surface area contributed by atoms with Gasteiger partial charge >= 0.3 is 0 Å². The van der Waals surface area contributed by atoms with Crippen molar-refractivity contribution in [3.05, 3.63) is 77.2 Å². The Morgan fingerprint density at radius 2 is 2.00 bits per heavy atom. The molecule has 8 heteroatoms. The van der Waals surface area contributed by atoms with Crippen molar-refractivity contribution in [2.75, 3.05) is 5.32 Å². The highest BCUT2D eigenvalue weighted by Gasteiger charge is 2.09. The van der Waals surface area contributed by atoms with Crippen LogP contribution in [0.1, 0.15) is 15.9 Å². The summed E-state index contributed by atoms with van der Waals surface area (Å²) in [4.78, 5) is 20.9. The summed E-state index contributed by atoms with van der Waals surface area (Å²) in [5, 5.41) is 12.1. The Kier molecular flexibility index (Phi) is 5.04. The minimum Gasteiger partial charge on any atom is -0.322 e. The van der Waals surface area contributed by atoms with Crippen LogP contribution in [0.3, 0.4) is 0 Å². The Balaban J connectivity index is 1.46. The molecule has 2 N–H and O–H groups in total. The molecule has 1 amide bonds. The first kappa shape index (κ1) is 17.5. The van der Waals surface area contributed by atoms with Crippen LogP contribution in [0.15, 0.2) is 66.1 Å². The number of hydrogen-bond acceptors (Lipinski definition) is 5. The summed E-state index contributed by atoms with van der Waals surface area (Å²) in [6, 6.07) is 14.5. The van der Waals surface area contributed by atoms with Crippen LogP contribution >= 0.6 is 23.4 Å². The maximum Gasteiger partial charge on any atom is 0.255 e. The highest BCUT2D eigenvalue weighted by Crippen LogP contribution is 2.26. The highest BCUT2D eigenvalue weighted by molar-refractivity contribution is 7.98. The molecule has 0 spiro atoms. The van der Waals surface area contributed by atoms with Gasteiger partial charge in [-0.05, 0) is 42.0 Å². The second-order valence-electron chi connectivity index (χ2n) is 5.76. The van der Waals surface area contributed by atoms with Crippen LogP contribution in [0.25, 0.3) is 11.0 Å². The summed E-state index contributed by atoms with van der Waals surface area (Å²) in [6.07, 6.45) is 3.23. The maximum absolute atomic E-state index is 12.5. The van der Waals surface area contributed by atoms with Gasteiger partial charge in [0.1, 0.15) is 11.4 Å². The molecule has 0 fully saturated rings. The van der Waals surface area contributed by atoms with Crippen molar-refractivity contribution in [3.8, 4) is 0 Å². The van der Waals surface area contributed by atoms with Gasteiger partial charge in [-0.2, -0.15) is 5.10 Å². The first-order valence-corrected chi connectivity index (χ1v) is 9.48. The number of carbonyl (C=O) groups excluding carboxylic acids is 1. The summed E-state index contributed by atoms with van der Waals surface area (Å²) in [7, 11) is 0. The lowest BCUT2D eigenvalue weighted by Crippen LogP contribution is -2.11. The van der Waals surface area contributed by atoms with Crippen molar-refractivity contribution in [1.29, 1.82) is 0 Å². The van der Waals surface area contributed by atoms with Crippen LogP contribution in [0.4, 0.5) is 5.69 Å². The van der Waals surface area contributed by atoms with Crippen molar-refractivity contribution in [1.82, 2.24) is 20.2 Å². The third-order valence-electron chi connectivity index (χ3n) is 3.88. The standard InChI is InChI=1S/C19H14ClN5OS/c20-14-4-6-15(7-5-14)24-18(26)13-3-1-2-12(8-13)10-27-19-16-9-23-25-17(16)21-11-22-19/h1-9,11H,10H2,(H,24,26)(H,21,22,23,25). The van der Waals surface area contributed by atoms with Gasteiger partial charge in [-0.3, -0.25) is 9.89 Å². The molecule has 0 unspecified atom stereocenters. The maximum atomic E-state index is 12.5. The molecule has 27 heavy (non-hydrogen) atoms. The van der Waals surface area contributed by atoms with Gasteiger partial charge in [0.15, 0.2) is 5.65 Å². The van der Waals surface area contributed by atoms with Gasteiger partial charge in [0.05, 0.1) is 11.6 Å². The molecule has 0 bridgehead atoms. The van der Waals surface area contributed by atoms with E-state index >= 15 is 0 Å². The first-order valence-electron chi connectivity index (χ1n) is 8.12. The van der Waals surface area contributed by atoms with Crippen LogP contribution in [0, 0.1) is 0 Å². The second-order valence-corrected chi connectivity index (χ2v) is 7.16. The van der Waals surface area contributed by atoms with Gasteiger partial charge in [0.2, 0.25) is 0 Å². The van der Waals surface area contributed by atoms with Gasteiger partial charge in [0.25, 0.3) is 5.91 Å². The number of aromatic amines is 1. The molecular weight excluding hydrogens is 382 g/mol. The number of rotatable bonds is 5. The van der Waals surface area contributed by atoms with E-state index < -0.39 is 0 Å². The molecule has 0 saturated heterocycles. The Hall–Kier alpha value is -2.90. The molecular formula is C19H14ClN5OS. The third kappa shape index (κ3) is 4.10. The molecule has 2 aromatic heterocycles. The van der Waals surface area contributed by atoms with Gasteiger partial charge in [0, 0.05) is 22.0 Å². The molecule has 0 atom stereocenters. The van der Waals surface area contributed by atoms with E-state index in [1.54, 1.807) is 48.3 Å². The lowest BCUT2D eigenvalue weighted by molar-refractivity contribution is 0.102. The molecule has 0 aliphatic rings. The lowest BCUT2D eigenvalue weighted by Gasteiger charge is -2.07. The topological polar surface area (TPSA) is 83.6 Å². The van der Waals surface area contributed by atoms with Crippen LogP contribution in [-0.4, -0.2) is 26.1 Å². The van der Waals surface area contributed by atoms with Crippen molar-refractivity contribution in [3.63, 3.8) is 0 Å². The average molecular weight is 396 g/mol. The lowest BCUT2D eigenvalue weighted by atomic mass is 10.1. The van der Waals surface area contributed by atoms with Gasteiger partial charge < -0.3 is 5.32 Å². The number of H-pyrrole nitrogens is 1. The quantitative estimate of drug-likeness (QED) is 0.382. The zero-order chi connectivity index (χ0) is 18.6. The molecule has 134 valence electrons. The summed E-state index contributed by atoms with van der Waals surface area (Å²) in [5.41, 5.74) is 3.04. The minimum atomic E-state index is -0.163. The van der Waals surface area contributed by atoms with Crippen LogP contribution in [0.5, 0.6) is 0 Å². The van der Waals surface area contributed by atoms with E-state index in [2.05, 4.69) is 25.5 Å². The van der Waals surface area contributed by atoms with Crippen molar-refractivity contribution in [2.45, 2.75) is 10.8 Å². The van der Waals surface area contributed by atoms with E-state index in [1.807, 2.05) is 18.2 Å². The van der Waals surface area contributed by atoms with Crippen molar-refractivity contribution >= 4 is 46.0 Å². The van der Waals surface area contributed by atoms with Gasteiger partial charge in [-0.25, -0.2) is 9.97 Å².